The minimum absolute atomic E-state index is 0.300. The molecule has 1 saturated heterocycles. The van der Waals surface area contributed by atoms with Crippen LogP contribution in [0.4, 0.5) is 0 Å². The van der Waals surface area contributed by atoms with Crippen LogP contribution in [0.25, 0.3) is 0 Å². The third-order valence-corrected chi connectivity index (χ3v) is 5.27. The van der Waals surface area contributed by atoms with Gasteiger partial charge >= 0.3 is 0 Å². The van der Waals surface area contributed by atoms with Gasteiger partial charge in [0, 0.05) is 0 Å². The average molecular weight is 228 g/mol. The van der Waals surface area contributed by atoms with E-state index in [1.54, 1.807) is 0 Å². The van der Waals surface area contributed by atoms with Crippen LogP contribution in [0.1, 0.15) is 0 Å². The molecule has 1 rings (SSSR count). The molecule has 13 heavy (non-hydrogen) atoms. The van der Waals surface area contributed by atoms with E-state index < -0.39 is 24.8 Å². The average Bonchev–Trinajstić information content (AvgIpc) is 2.06. The van der Waals surface area contributed by atoms with Crippen molar-refractivity contribution >= 4 is 20.2 Å². The summed E-state index contributed by atoms with van der Waals surface area (Å²) < 4.78 is 51.2. The Hall–Kier alpha value is -0.440. The monoisotopic (exact) mass is 228 g/mol. The normalized spacial score (nSPS) is 27.7. The highest BCUT2D eigenvalue weighted by molar-refractivity contribution is 8.05. The molecule has 1 fully saturated rings. The lowest BCUT2D eigenvalue weighted by molar-refractivity contribution is 0.237. The molecule has 76 valence electrons. The standard InChI is InChI=1S/C5H8O6S2/c1-2-5-12(6,7)10-3-4-11-13(5,8)9/h2,5H,1,3-4H2. The molecular weight excluding hydrogens is 220 g/mol. The van der Waals surface area contributed by atoms with E-state index in [9.17, 15) is 16.8 Å². The Morgan fingerprint density at radius 3 is 1.77 bits per heavy atom. The van der Waals surface area contributed by atoms with Crippen LogP contribution in [0.15, 0.2) is 12.7 Å². The fourth-order valence-corrected chi connectivity index (χ4v) is 3.64. The third kappa shape index (κ3) is 2.08. The van der Waals surface area contributed by atoms with Crippen LogP contribution in [-0.2, 0) is 28.6 Å². The molecule has 6 nitrogen and oxygen atoms in total. The largest absolute Gasteiger partial charge is 0.291 e. The van der Waals surface area contributed by atoms with Gasteiger partial charge in [-0.05, 0) is 0 Å². The lowest BCUT2D eigenvalue weighted by Crippen LogP contribution is -2.28. The Bertz CT molecular complexity index is 355. The molecule has 0 atom stereocenters. The van der Waals surface area contributed by atoms with Crippen molar-refractivity contribution < 1.29 is 25.2 Å². The summed E-state index contributed by atoms with van der Waals surface area (Å²) in [5.41, 5.74) is 0. The number of rotatable bonds is 1. The summed E-state index contributed by atoms with van der Waals surface area (Å²) in [5, 5.41) is 0. The highest BCUT2D eigenvalue weighted by Gasteiger charge is 2.39. The third-order valence-electron chi connectivity index (χ3n) is 1.34. The Morgan fingerprint density at radius 1 is 1.08 bits per heavy atom. The van der Waals surface area contributed by atoms with E-state index in [0.717, 1.165) is 6.08 Å². The van der Waals surface area contributed by atoms with Crippen molar-refractivity contribution in [3.05, 3.63) is 12.7 Å². The molecular formula is C5H8O6S2. The van der Waals surface area contributed by atoms with Gasteiger partial charge in [-0.3, -0.25) is 8.37 Å². The SMILES string of the molecule is C=CC1S(=O)(=O)OCCOS1(=O)=O. The van der Waals surface area contributed by atoms with Gasteiger partial charge in [-0.25, -0.2) is 0 Å². The Labute approximate surface area is 76.4 Å². The predicted molar refractivity (Wildman–Crippen MR) is 43.7 cm³/mol. The highest BCUT2D eigenvalue weighted by Crippen LogP contribution is 2.17. The topological polar surface area (TPSA) is 86.7 Å². The Balaban J connectivity index is 3.25. The lowest BCUT2D eigenvalue weighted by atomic mass is 10.8. The second-order valence-corrected chi connectivity index (χ2v) is 5.99. The molecule has 8 heteroatoms. The Morgan fingerprint density at radius 2 is 1.46 bits per heavy atom. The van der Waals surface area contributed by atoms with Gasteiger partial charge in [0.25, 0.3) is 20.2 Å². The molecule has 0 aromatic heterocycles. The summed E-state index contributed by atoms with van der Waals surface area (Å²) in [6.45, 7) is 2.50. The second-order valence-electron chi connectivity index (χ2n) is 2.23. The molecule has 1 heterocycles. The van der Waals surface area contributed by atoms with E-state index in [2.05, 4.69) is 14.9 Å². The molecule has 0 aliphatic carbocycles. The van der Waals surface area contributed by atoms with Crippen molar-refractivity contribution in [2.75, 3.05) is 13.2 Å². The van der Waals surface area contributed by atoms with Crippen LogP contribution in [0.2, 0.25) is 0 Å². The maximum Gasteiger partial charge on any atom is 0.291 e. The van der Waals surface area contributed by atoms with E-state index in [-0.39, 0.29) is 13.2 Å². The molecule has 0 amide bonds. The Kier molecular flexibility index (Phi) is 2.76. The first kappa shape index (κ1) is 10.6. The van der Waals surface area contributed by atoms with E-state index in [1.165, 1.54) is 0 Å². The maximum absolute atomic E-state index is 11.1. The van der Waals surface area contributed by atoms with Gasteiger partial charge in [-0.15, -0.1) is 6.58 Å². The van der Waals surface area contributed by atoms with Crippen molar-refractivity contribution in [2.24, 2.45) is 0 Å². The molecule has 0 N–H and O–H groups in total. The van der Waals surface area contributed by atoms with E-state index in [1.807, 2.05) is 0 Å². The first-order valence-electron chi connectivity index (χ1n) is 3.29. The van der Waals surface area contributed by atoms with Crippen molar-refractivity contribution in [2.45, 2.75) is 4.58 Å². The van der Waals surface area contributed by atoms with E-state index >= 15 is 0 Å². The molecule has 1 aliphatic rings. The van der Waals surface area contributed by atoms with E-state index in [0.29, 0.717) is 0 Å². The van der Waals surface area contributed by atoms with Crippen LogP contribution < -0.4 is 0 Å². The summed E-state index contributed by atoms with van der Waals surface area (Å²) in [6, 6.07) is 0. The van der Waals surface area contributed by atoms with Gasteiger partial charge in [-0.1, -0.05) is 6.08 Å². The van der Waals surface area contributed by atoms with Crippen molar-refractivity contribution in [1.29, 1.82) is 0 Å². The number of hydrogen-bond donors (Lipinski definition) is 0. The fraction of sp³-hybridized carbons (Fsp3) is 0.600. The molecule has 1 aliphatic heterocycles. The molecule has 0 aromatic rings. The molecule has 0 saturated carbocycles. The van der Waals surface area contributed by atoms with Crippen molar-refractivity contribution in [1.82, 2.24) is 0 Å². The van der Waals surface area contributed by atoms with Gasteiger partial charge in [-0.2, -0.15) is 16.8 Å². The maximum atomic E-state index is 11.1. The molecule has 0 unspecified atom stereocenters. The van der Waals surface area contributed by atoms with Crippen LogP contribution in [-0.4, -0.2) is 34.6 Å². The quantitative estimate of drug-likeness (QED) is 0.431. The zero-order valence-corrected chi connectivity index (χ0v) is 8.18. The first-order valence-corrected chi connectivity index (χ1v) is 6.23. The van der Waals surface area contributed by atoms with Gasteiger partial charge in [0.15, 0.2) is 0 Å². The zero-order valence-electron chi connectivity index (χ0n) is 6.54. The smallest absolute Gasteiger partial charge is 0.266 e. The van der Waals surface area contributed by atoms with Gasteiger partial charge in [0.05, 0.1) is 13.2 Å². The first-order chi connectivity index (χ1) is 5.90. The van der Waals surface area contributed by atoms with Crippen molar-refractivity contribution in [3.63, 3.8) is 0 Å². The van der Waals surface area contributed by atoms with Gasteiger partial charge in [0.1, 0.15) is 0 Å². The van der Waals surface area contributed by atoms with Crippen molar-refractivity contribution in [3.8, 4) is 0 Å². The summed E-state index contributed by atoms with van der Waals surface area (Å²) in [7, 11) is -8.30. The highest BCUT2D eigenvalue weighted by atomic mass is 32.3. The summed E-state index contributed by atoms with van der Waals surface area (Å²) in [4.78, 5) is 0. The predicted octanol–water partition coefficient (Wildman–Crippen LogP) is -0.795. The fourth-order valence-electron chi connectivity index (χ4n) is 0.815. The van der Waals surface area contributed by atoms with Gasteiger partial charge < -0.3 is 0 Å². The van der Waals surface area contributed by atoms with Gasteiger partial charge in [0.2, 0.25) is 4.58 Å². The lowest BCUT2D eigenvalue weighted by Gasteiger charge is -2.07. The molecule has 0 bridgehead atoms. The summed E-state index contributed by atoms with van der Waals surface area (Å²) in [6.07, 6.45) is 0.760. The second kappa shape index (κ2) is 3.37. The van der Waals surface area contributed by atoms with E-state index in [4.69, 9.17) is 0 Å². The molecule has 0 aromatic carbocycles. The minimum atomic E-state index is -4.15. The summed E-state index contributed by atoms with van der Waals surface area (Å²) in [5.74, 6) is 0. The minimum Gasteiger partial charge on any atom is -0.266 e. The van der Waals surface area contributed by atoms with Crippen LogP contribution in [0, 0.1) is 0 Å². The zero-order chi connectivity index (χ0) is 10.1. The van der Waals surface area contributed by atoms with Crippen LogP contribution >= 0.6 is 0 Å². The molecule has 0 spiro atoms. The van der Waals surface area contributed by atoms with Crippen LogP contribution in [0.3, 0.4) is 0 Å². The number of hydrogen-bond acceptors (Lipinski definition) is 6. The van der Waals surface area contributed by atoms with Crippen LogP contribution in [0.5, 0.6) is 0 Å². The molecule has 0 radical (unpaired) electrons. The summed E-state index contributed by atoms with van der Waals surface area (Å²) >= 11 is 0.